The number of rotatable bonds is 2. The third-order valence-electron chi connectivity index (χ3n) is 5.03. The van der Waals surface area contributed by atoms with E-state index in [0.717, 1.165) is 21.3 Å². The van der Waals surface area contributed by atoms with Gasteiger partial charge in [-0.25, -0.2) is 0 Å². The molecule has 2 nitrogen and oxygen atoms in total. The van der Waals surface area contributed by atoms with Crippen LogP contribution < -0.4 is 5.32 Å². The number of anilines is 1. The van der Waals surface area contributed by atoms with Gasteiger partial charge in [0.1, 0.15) is 0 Å². The van der Waals surface area contributed by atoms with Crippen molar-refractivity contribution in [3.8, 4) is 0 Å². The molecule has 1 N–H and O–H groups in total. The number of amides is 1. The third kappa shape index (κ3) is 2.22. The van der Waals surface area contributed by atoms with E-state index in [0.29, 0.717) is 0 Å². The van der Waals surface area contributed by atoms with E-state index < -0.39 is 0 Å². The minimum absolute atomic E-state index is 0.0776. The van der Waals surface area contributed by atoms with Gasteiger partial charge in [-0.3, -0.25) is 4.79 Å². The maximum Gasteiger partial charge on any atom is 0.228 e. The molecular formula is C16H22BrNO. The Bertz CT molecular complexity index is 509. The summed E-state index contributed by atoms with van der Waals surface area (Å²) in [4.78, 5) is 12.5. The largest absolute Gasteiger partial charge is 0.325 e. The molecule has 104 valence electrons. The fraction of sp³-hybridized carbons (Fsp3) is 0.562. The van der Waals surface area contributed by atoms with Gasteiger partial charge in [-0.15, -0.1) is 0 Å². The van der Waals surface area contributed by atoms with Crippen LogP contribution in [0.4, 0.5) is 5.69 Å². The van der Waals surface area contributed by atoms with Crippen LogP contribution in [-0.4, -0.2) is 5.91 Å². The summed E-state index contributed by atoms with van der Waals surface area (Å²) in [5.41, 5.74) is 3.29. The number of benzene rings is 1. The molecule has 0 saturated heterocycles. The van der Waals surface area contributed by atoms with Crippen molar-refractivity contribution in [2.24, 2.45) is 16.7 Å². The Morgan fingerprint density at radius 1 is 1.11 bits per heavy atom. The molecule has 3 heteroatoms. The number of nitrogens with one attached hydrogen (secondary N) is 1. The molecule has 0 aliphatic heterocycles. The SMILES string of the molecule is Cc1cc(Br)cc(C)c1NC(=O)C1C(C)(C)C1(C)C. The molecule has 2 rings (SSSR count). The summed E-state index contributed by atoms with van der Waals surface area (Å²) < 4.78 is 1.05. The van der Waals surface area contributed by atoms with Crippen LogP contribution in [0.3, 0.4) is 0 Å². The van der Waals surface area contributed by atoms with Crippen molar-refractivity contribution in [1.82, 2.24) is 0 Å². The molecule has 0 radical (unpaired) electrons. The molecule has 1 aliphatic rings. The van der Waals surface area contributed by atoms with Crippen LogP contribution in [-0.2, 0) is 4.79 Å². The maximum atomic E-state index is 12.5. The van der Waals surface area contributed by atoms with Crippen LogP contribution in [0.25, 0.3) is 0 Å². The molecule has 1 saturated carbocycles. The number of carbonyl (C=O) groups is 1. The van der Waals surface area contributed by atoms with Crippen molar-refractivity contribution in [2.75, 3.05) is 5.32 Å². The monoisotopic (exact) mass is 323 g/mol. The Balaban J connectivity index is 2.23. The molecule has 1 aliphatic carbocycles. The number of aryl methyl sites for hydroxylation is 2. The molecule has 0 atom stereocenters. The standard InChI is InChI=1S/C16H22BrNO/c1-9-7-11(17)8-10(2)12(9)18-14(19)13-15(3,4)16(13,5)6/h7-8,13H,1-6H3,(H,18,19). The predicted octanol–water partition coefficient (Wildman–Crippen LogP) is 4.69. The van der Waals surface area contributed by atoms with E-state index in [4.69, 9.17) is 0 Å². The van der Waals surface area contributed by atoms with Crippen molar-refractivity contribution in [2.45, 2.75) is 41.5 Å². The highest BCUT2D eigenvalue weighted by Gasteiger charge is 2.68. The molecule has 0 unspecified atom stereocenters. The van der Waals surface area contributed by atoms with Crippen LogP contribution >= 0.6 is 15.9 Å². The summed E-state index contributed by atoms with van der Waals surface area (Å²) in [6, 6.07) is 4.07. The average Bonchev–Trinajstić information content (AvgIpc) is 2.63. The fourth-order valence-electron chi connectivity index (χ4n) is 3.16. The van der Waals surface area contributed by atoms with Crippen molar-refractivity contribution in [3.63, 3.8) is 0 Å². The van der Waals surface area contributed by atoms with Gasteiger partial charge in [0, 0.05) is 16.1 Å². The molecule has 1 amide bonds. The van der Waals surface area contributed by atoms with Gasteiger partial charge in [0.05, 0.1) is 0 Å². The fourth-order valence-corrected chi connectivity index (χ4v) is 3.84. The maximum absolute atomic E-state index is 12.5. The molecule has 1 aromatic carbocycles. The highest BCUT2D eigenvalue weighted by Crippen LogP contribution is 2.68. The molecule has 19 heavy (non-hydrogen) atoms. The lowest BCUT2D eigenvalue weighted by Gasteiger charge is -2.13. The van der Waals surface area contributed by atoms with Crippen molar-refractivity contribution in [1.29, 1.82) is 0 Å². The minimum atomic E-state index is 0.0776. The number of carbonyl (C=O) groups excluding carboxylic acids is 1. The minimum Gasteiger partial charge on any atom is -0.325 e. The van der Waals surface area contributed by atoms with Crippen molar-refractivity contribution in [3.05, 3.63) is 27.7 Å². The second kappa shape index (κ2) is 4.34. The zero-order chi connectivity index (χ0) is 14.6. The van der Waals surface area contributed by atoms with E-state index in [2.05, 4.69) is 48.9 Å². The van der Waals surface area contributed by atoms with E-state index in [1.54, 1.807) is 0 Å². The number of hydrogen-bond acceptors (Lipinski definition) is 1. The lowest BCUT2D eigenvalue weighted by Crippen LogP contribution is -2.19. The summed E-state index contributed by atoms with van der Waals surface area (Å²) in [6.45, 7) is 12.7. The first kappa shape index (κ1) is 14.6. The number of hydrogen-bond donors (Lipinski definition) is 1. The molecule has 0 heterocycles. The van der Waals surface area contributed by atoms with Crippen molar-refractivity contribution < 1.29 is 4.79 Å². The first-order valence-electron chi connectivity index (χ1n) is 6.66. The Morgan fingerprint density at radius 2 is 1.53 bits per heavy atom. The lowest BCUT2D eigenvalue weighted by molar-refractivity contribution is -0.118. The normalized spacial score (nSPS) is 20.2. The first-order valence-corrected chi connectivity index (χ1v) is 7.46. The Hall–Kier alpha value is -0.830. The molecule has 1 fully saturated rings. The van der Waals surface area contributed by atoms with Crippen LogP contribution in [0.15, 0.2) is 16.6 Å². The second-order valence-corrected chi connectivity index (χ2v) is 7.70. The van der Waals surface area contributed by atoms with Gasteiger partial charge in [0.25, 0.3) is 0 Å². The van der Waals surface area contributed by atoms with E-state index in [9.17, 15) is 4.79 Å². The highest BCUT2D eigenvalue weighted by molar-refractivity contribution is 9.10. The van der Waals surface area contributed by atoms with Gasteiger partial charge < -0.3 is 5.32 Å². The smallest absolute Gasteiger partial charge is 0.228 e. The van der Waals surface area contributed by atoms with Crippen LogP contribution in [0.1, 0.15) is 38.8 Å². The summed E-state index contributed by atoms with van der Waals surface area (Å²) in [5.74, 6) is 0.228. The first-order chi connectivity index (χ1) is 8.59. The quantitative estimate of drug-likeness (QED) is 0.840. The molecule has 1 aromatic rings. The van der Waals surface area contributed by atoms with Gasteiger partial charge >= 0.3 is 0 Å². The van der Waals surface area contributed by atoms with Crippen LogP contribution in [0.5, 0.6) is 0 Å². The van der Waals surface area contributed by atoms with Crippen LogP contribution in [0.2, 0.25) is 0 Å². The van der Waals surface area contributed by atoms with Gasteiger partial charge in [-0.1, -0.05) is 43.6 Å². The van der Waals surface area contributed by atoms with E-state index >= 15 is 0 Å². The van der Waals surface area contributed by atoms with Gasteiger partial charge in [0.15, 0.2) is 0 Å². The summed E-state index contributed by atoms with van der Waals surface area (Å²) in [5, 5.41) is 3.12. The van der Waals surface area contributed by atoms with E-state index in [-0.39, 0.29) is 22.7 Å². The second-order valence-electron chi connectivity index (χ2n) is 6.78. The zero-order valence-corrected chi connectivity index (χ0v) is 14.1. The van der Waals surface area contributed by atoms with E-state index in [1.165, 1.54) is 0 Å². The third-order valence-corrected chi connectivity index (χ3v) is 5.49. The van der Waals surface area contributed by atoms with Crippen LogP contribution in [0, 0.1) is 30.6 Å². The number of halogens is 1. The van der Waals surface area contributed by atoms with Gasteiger partial charge in [-0.05, 0) is 47.9 Å². The van der Waals surface area contributed by atoms with E-state index in [1.807, 2.05) is 26.0 Å². The Kier molecular flexibility index (Phi) is 3.33. The highest BCUT2D eigenvalue weighted by atomic mass is 79.9. The Morgan fingerprint density at radius 3 is 1.89 bits per heavy atom. The predicted molar refractivity (Wildman–Crippen MR) is 83.3 cm³/mol. The van der Waals surface area contributed by atoms with Gasteiger partial charge in [-0.2, -0.15) is 0 Å². The zero-order valence-electron chi connectivity index (χ0n) is 12.5. The van der Waals surface area contributed by atoms with Gasteiger partial charge in [0.2, 0.25) is 5.91 Å². The molecular weight excluding hydrogens is 302 g/mol. The molecule has 0 spiro atoms. The summed E-state index contributed by atoms with van der Waals surface area (Å²) in [7, 11) is 0. The lowest BCUT2D eigenvalue weighted by atomic mass is 10.0. The topological polar surface area (TPSA) is 29.1 Å². The molecule has 0 bridgehead atoms. The summed E-state index contributed by atoms with van der Waals surface area (Å²) >= 11 is 3.48. The van der Waals surface area contributed by atoms with Crippen molar-refractivity contribution >= 4 is 27.5 Å². The average molecular weight is 324 g/mol. The Labute approximate surface area is 124 Å². The molecule has 0 aromatic heterocycles. The summed E-state index contributed by atoms with van der Waals surface area (Å²) in [6.07, 6.45) is 0.